The first-order valence-corrected chi connectivity index (χ1v) is 12.7. The van der Waals surface area contributed by atoms with Gasteiger partial charge in [-0.2, -0.15) is 0 Å². The Morgan fingerprint density at radius 1 is 1.11 bits per heavy atom. The van der Waals surface area contributed by atoms with Crippen LogP contribution in [-0.2, 0) is 13.2 Å². The number of nitrogens with one attached hydrogen (secondary N) is 1. The van der Waals surface area contributed by atoms with Gasteiger partial charge in [-0.05, 0) is 36.8 Å². The summed E-state index contributed by atoms with van der Waals surface area (Å²) in [6.07, 6.45) is 7.45. The first kappa shape index (κ1) is 23.9. The van der Waals surface area contributed by atoms with Gasteiger partial charge < -0.3 is 18.9 Å². The molecule has 1 N–H and O–H groups in total. The zero-order valence-corrected chi connectivity index (χ0v) is 21.9. The number of rotatable bonds is 8. The highest BCUT2D eigenvalue weighted by Gasteiger charge is 2.10. The molecule has 4 aromatic heterocycles. The Morgan fingerprint density at radius 2 is 1.97 bits per heavy atom. The zero-order valence-electron chi connectivity index (χ0n) is 20.3. The van der Waals surface area contributed by atoms with Crippen LogP contribution < -0.4 is 15.7 Å². The predicted molar refractivity (Wildman–Crippen MR) is 146 cm³/mol. The van der Waals surface area contributed by atoms with Crippen molar-refractivity contribution in [2.75, 3.05) is 11.9 Å². The minimum absolute atomic E-state index is 0.237. The van der Waals surface area contributed by atoms with Gasteiger partial charge in [-0.15, -0.1) is 5.10 Å². The van der Waals surface area contributed by atoms with Crippen LogP contribution in [0.15, 0.2) is 87.0 Å². The molecule has 38 heavy (non-hydrogen) atoms. The zero-order chi connectivity index (χ0) is 26.1. The van der Waals surface area contributed by atoms with Gasteiger partial charge in [0.15, 0.2) is 11.5 Å². The number of benzene rings is 2. The van der Waals surface area contributed by atoms with Gasteiger partial charge in [0.2, 0.25) is 0 Å². The first-order chi connectivity index (χ1) is 18.5. The van der Waals surface area contributed by atoms with Crippen molar-refractivity contribution in [1.29, 1.82) is 0 Å². The standard InChI is InChI=1S/C27H22BrN7O3/c1-17-12-25(36)38-24-13-21(6-7-22(17)24)37-16-20-14-35(33-32-20)11-9-29-26-27-30-8-10-34(27)15-23(31-26)18-2-4-19(28)5-3-18/h2-8,10,12-15H,9,11,16H2,1H3,(H,29,31). The lowest BCUT2D eigenvalue weighted by molar-refractivity contribution is 0.301. The molecule has 0 amide bonds. The molecular weight excluding hydrogens is 550 g/mol. The summed E-state index contributed by atoms with van der Waals surface area (Å²) < 4.78 is 15.9. The minimum atomic E-state index is -0.382. The molecule has 0 saturated carbocycles. The number of nitrogens with zero attached hydrogens (tertiary/aromatic N) is 6. The molecule has 0 fully saturated rings. The summed E-state index contributed by atoms with van der Waals surface area (Å²) in [4.78, 5) is 20.9. The van der Waals surface area contributed by atoms with Gasteiger partial charge in [0.25, 0.3) is 0 Å². The van der Waals surface area contributed by atoms with Crippen LogP contribution in [0.4, 0.5) is 5.82 Å². The fourth-order valence-corrected chi connectivity index (χ4v) is 4.43. The molecule has 0 aliphatic rings. The number of halogens is 1. The van der Waals surface area contributed by atoms with Crippen molar-refractivity contribution in [3.8, 4) is 17.0 Å². The minimum Gasteiger partial charge on any atom is -0.487 e. The van der Waals surface area contributed by atoms with Crippen LogP contribution in [0, 0.1) is 6.92 Å². The SMILES string of the molecule is Cc1cc(=O)oc2cc(OCc3cn(CCNc4nc(-c5ccc(Br)cc5)cn5ccnc45)nn3)ccc12. The number of aromatic nitrogens is 6. The van der Waals surface area contributed by atoms with Crippen molar-refractivity contribution in [3.63, 3.8) is 0 Å². The lowest BCUT2D eigenvalue weighted by Crippen LogP contribution is -2.13. The molecule has 2 aromatic carbocycles. The highest BCUT2D eigenvalue weighted by atomic mass is 79.9. The van der Waals surface area contributed by atoms with E-state index >= 15 is 0 Å². The van der Waals surface area contributed by atoms with Gasteiger partial charge in [-0.3, -0.25) is 4.68 Å². The Balaban J connectivity index is 1.10. The number of anilines is 1. The van der Waals surface area contributed by atoms with E-state index in [4.69, 9.17) is 14.1 Å². The fourth-order valence-electron chi connectivity index (χ4n) is 4.17. The second-order valence-electron chi connectivity index (χ2n) is 8.73. The van der Waals surface area contributed by atoms with E-state index in [1.54, 1.807) is 16.9 Å². The monoisotopic (exact) mass is 571 g/mol. The summed E-state index contributed by atoms with van der Waals surface area (Å²) in [5.41, 5.74) is 4.26. The third-order valence-electron chi connectivity index (χ3n) is 6.04. The molecule has 6 aromatic rings. The molecule has 4 heterocycles. The lowest BCUT2D eigenvalue weighted by atomic mass is 10.1. The summed E-state index contributed by atoms with van der Waals surface area (Å²) in [5.74, 6) is 1.28. The van der Waals surface area contributed by atoms with Gasteiger partial charge >= 0.3 is 5.63 Å². The van der Waals surface area contributed by atoms with E-state index in [2.05, 4.69) is 36.5 Å². The summed E-state index contributed by atoms with van der Waals surface area (Å²) in [7, 11) is 0. The van der Waals surface area contributed by atoms with Crippen molar-refractivity contribution in [2.24, 2.45) is 0 Å². The maximum Gasteiger partial charge on any atom is 0.336 e. The second-order valence-corrected chi connectivity index (χ2v) is 9.65. The van der Waals surface area contributed by atoms with Crippen molar-refractivity contribution >= 4 is 38.4 Å². The Kier molecular flexibility index (Phi) is 6.34. The molecule has 0 unspecified atom stereocenters. The van der Waals surface area contributed by atoms with Crippen LogP contribution in [0.1, 0.15) is 11.3 Å². The lowest BCUT2D eigenvalue weighted by Gasteiger charge is -2.10. The highest BCUT2D eigenvalue weighted by Crippen LogP contribution is 2.24. The van der Waals surface area contributed by atoms with E-state index in [1.165, 1.54) is 6.07 Å². The molecule has 11 heteroatoms. The van der Waals surface area contributed by atoms with Gasteiger partial charge in [0.1, 0.15) is 23.6 Å². The summed E-state index contributed by atoms with van der Waals surface area (Å²) in [5, 5.41) is 12.7. The number of fused-ring (bicyclic) bond motifs is 2. The Bertz CT molecular complexity index is 1810. The van der Waals surface area contributed by atoms with Crippen molar-refractivity contribution in [1.82, 2.24) is 29.4 Å². The normalized spacial score (nSPS) is 11.3. The van der Waals surface area contributed by atoms with Crippen LogP contribution in [0.3, 0.4) is 0 Å². The fraction of sp³-hybridized carbons (Fsp3) is 0.148. The Labute approximate surface area is 225 Å². The molecule has 0 atom stereocenters. The number of imidazole rings is 1. The Hall–Kier alpha value is -4.51. The molecule has 6 rings (SSSR count). The number of hydrogen-bond donors (Lipinski definition) is 1. The van der Waals surface area contributed by atoms with Gasteiger partial charge in [0.05, 0.1) is 18.4 Å². The van der Waals surface area contributed by atoms with Crippen LogP contribution in [0.5, 0.6) is 5.75 Å². The van der Waals surface area contributed by atoms with E-state index in [-0.39, 0.29) is 12.2 Å². The average molecular weight is 572 g/mol. The molecule has 10 nitrogen and oxygen atoms in total. The van der Waals surface area contributed by atoms with Crippen LogP contribution in [0.2, 0.25) is 0 Å². The van der Waals surface area contributed by atoms with E-state index in [9.17, 15) is 4.79 Å². The molecule has 0 aliphatic heterocycles. The first-order valence-electron chi connectivity index (χ1n) is 11.9. The molecule has 190 valence electrons. The van der Waals surface area contributed by atoms with E-state index in [0.29, 0.717) is 35.9 Å². The summed E-state index contributed by atoms with van der Waals surface area (Å²) in [6.45, 7) is 3.26. The smallest absolute Gasteiger partial charge is 0.336 e. The van der Waals surface area contributed by atoms with Crippen molar-refractivity contribution < 1.29 is 9.15 Å². The maximum absolute atomic E-state index is 11.7. The van der Waals surface area contributed by atoms with Crippen molar-refractivity contribution in [3.05, 3.63) is 99.5 Å². The van der Waals surface area contributed by atoms with Crippen LogP contribution >= 0.6 is 15.9 Å². The highest BCUT2D eigenvalue weighted by molar-refractivity contribution is 9.10. The maximum atomic E-state index is 11.7. The quantitative estimate of drug-likeness (QED) is 0.258. The molecular formula is C27H22BrN7O3. The largest absolute Gasteiger partial charge is 0.487 e. The summed E-state index contributed by atoms with van der Waals surface area (Å²) >= 11 is 3.48. The molecule has 0 spiro atoms. The van der Waals surface area contributed by atoms with Gasteiger partial charge in [-0.25, -0.2) is 14.8 Å². The molecule has 0 saturated heterocycles. The Morgan fingerprint density at radius 3 is 2.84 bits per heavy atom. The summed E-state index contributed by atoms with van der Waals surface area (Å²) in [6, 6.07) is 14.9. The van der Waals surface area contributed by atoms with Gasteiger partial charge in [0, 0.05) is 52.7 Å². The van der Waals surface area contributed by atoms with E-state index in [1.807, 2.05) is 66.3 Å². The third kappa shape index (κ3) is 5.00. The predicted octanol–water partition coefficient (Wildman–Crippen LogP) is 4.86. The topological polar surface area (TPSA) is 112 Å². The number of hydrogen-bond acceptors (Lipinski definition) is 8. The number of ether oxygens (including phenoxy) is 1. The van der Waals surface area contributed by atoms with Crippen molar-refractivity contribution in [2.45, 2.75) is 20.1 Å². The molecule has 0 radical (unpaired) electrons. The molecule has 0 aliphatic carbocycles. The third-order valence-corrected chi connectivity index (χ3v) is 6.57. The van der Waals surface area contributed by atoms with Crippen LogP contribution in [-0.4, -0.2) is 35.9 Å². The molecule has 0 bridgehead atoms. The second kappa shape index (κ2) is 10.1. The average Bonchev–Trinajstić information content (AvgIpc) is 3.57. The number of aryl methyl sites for hydroxylation is 1. The van der Waals surface area contributed by atoms with Gasteiger partial charge in [-0.1, -0.05) is 33.3 Å². The van der Waals surface area contributed by atoms with E-state index in [0.717, 1.165) is 32.3 Å². The van der Waals surface area contributed by atoms with E-state index < -0.39 is 0 Å². The van der Waals surface area contributed by atoms with Crippen LogP contribution in [0.25, 0.3) is 27.9 Å².